The maximum atomic E-state index is 13.9. The fourth-order valence-electron chi connectivity index (χ4n) is 6.60. The van der Waals surface area contributed by atoms with Crippen molar-refractivity contribution in [1.82, 2.24) is 4.98 Å². The predicted octanol–water partition coefficient (Wildman–Crippen LogP) is 7.12. The van der Waals surface area contributed by atoms with Gasteiger partial charge in [-0.25, -0.2) is 0 Å². The topological polar surface area (TPSA) is 76.9 Å². The maximum absolute atomic E-state index is 13.9. The van der Waals surface area contributed by atoms with Gasteiger partial charge in [0.15, 0.2) is 0 Å². The van der Waals surface area contributed by atoms with E-state index in [9.17, 15) is 15.0 Å². The number of aromatic nitrogens is 1. The van der Waals surface area contributed by atoms with E-state index in [2.05, 4.69) is 9.88 Å². The number of anilines is 2. The molecule has 0 radical (unpaired) electrons. The van der Waals surface area contributed by atoms with Crippen LogP contribution in [-0.4, -0.2) is 46.0 Å². The summed E-state index contributed by atoms with van der Waals surface area (Å²) in [6, 6.07) is 20.9. The summed E-state index contributed by atoms with van der Waals surface area (Å²) in [6.07, 6.45) is 3.35. The van der Waals surface area contributed by atoms with E-state index in [0.29, 0.717) is 42.6 Å². The van der Waals surface area contributed by atoms with Crippen LogP contribution in [0, 0.1) is 0 Å². The molecule has 2 aliphatic rings. The Balaban J connectivity index is 1.22. The van der Waals surface area contributed by atoms with Crippen LogP contribution < -0.4 is 9.80 Å². The molecular formula is C33H27Cl2N3O3. The highest BCUT2D eigenvalue weighted by molar-refractivity contribution is 6.19. The third-order valence-electron chi connectivity index (χ3n) is 8.41. The molecule has 7 rings (SSSR count). The minimum Gasteiger partial charge on any atom is -0.507 e. The van der Waals surface area contributed by atoms with Crippen molar-refractivity contribution in [3.05, 3.63) is 101 Å². The normalized spacial score (nSPS) is 17.8. The largest absolute Gasteiger partial charge is 0.507 e. The Morgan fingerprint density at radius 1 is 0.780 bits per heavy atom. The molecular weight excluding hydrogens is 557 g/mol. The van der Waals surface area contributed by atoms with E-state index in [4.69, 9.17) is 23.2 Å². The van der Waals surface area contributed by atoms with Crippen molar-refractivity contribution in [2.45, 2.75) is 18.4 Å². The van der Waals surface area contributed by atoms with Crippen LogP contribution in [0.5, 0.6) is 11.5 Å². The molecule has 4 aromatic carbocycles. The number of alkyl halides is 2. The minimum atomic E-state index is -0.188. The molecule has 0 bridgehead atoms. The van der Waals surface area contributed by atoms with E-state index in [1.54, 1.807) is 23.4 Å². The van der Waals surface area contributed by atoms with Gasteiger partial charge in [-0.15, -0.1) is 23.2 Å². The second-order valence-corrected chi connectivity index (χ2v) is 11.4. The Labute approximate surface area is 247 Å². The molecule has 41 heavy (non-hydrogen) atoms. The highest BCUT2D eigenvalue weighted by Gasteiger charge is 2.35. The Kier molecular flexibility index (Phi) is 6.40. The summed E-state index contributed by atoms with van der Waals surface area (Å²) in [5.41, 5.74) is 5.10. The molecule has 2 aliphatic heterocycles. The second-order valence-electron chi connectivity index (χ2n) is 10.8. The number of fused-ring (bicyclic) bond motifs is 6. The first-order valence-electron chi connectivity index (χ1n) is 13.6. The molecule has 0 saturated carbocycles. The van der Waals surface area contributed by atoms with Gasteiger partial charge < -0.3 is 20.0 Å². The van der Waals surface area contributed by atoms with Gasteiger partial charge in [-0.1, -0.05) is 48.5 Å². The molecule has 8 heteroatoms. The molecule has 2 unspecified atom stereocenters. The minimum absolute atomic E-state index is 0.0478. The molecule has 0 spiro atoms. The lowest BCUT2D eigenvalue weighted by Crippen LogP contribution is -2.30. The van der Waals surface area contributed by atoms with Gasteiger partial charge in [0.25, 0.3) is 5.91 Å². The third kappa shape index (κ3) is 4.16. The molecule has 5 aromatic rings. The Bertz CT molecular complexity index is 1840. The number of aromatic hydroxyl groups is 2. The van der Waals surface area contributed by atoms with Crippen LogP contribution in [-0.2, 0) is 6.54 Å². The number of benzene rings is 4. The van der Waals surface area contributed by atoms with Crippen molar-refractivity contribution in [2.75, 3.05) is 34.6 Å². The number of amides is 1. The number of carbonyl (C=O) groups is 1. The zero-order valence-corrected chi connectivity index (χ0v) is 23.6. The summed E-state index contributed by atoms with van der Waals surface area (Å²) in [6.45, 7) is 1.64. The fraction of sp³-hybridized carbons (Fsp3) is 0.212. The van der Waals surface area contributed by atoms with Crippen LogP contribution >= 0.6 is 23.2 Å². The number of hydrogen-bond donors (Lipinski definition) is 2. The van der Waals surface area contributed by atoms with Gasteiger partial charge >= 0.3 is 0 Å². The SMILES string of the molecule is O=C(c1cncc(CN2CC(CCl)c3c2cc(O)c2ccccc32)c1)N1CC(CCl)c2c1cc(O)c1ccccc21. The van der Waals surface area contributed by atoms with Crippen molar-refractivity contribution in [3.8, 4) is 11.5 Å². The molecule has 2 atom stereocenters. The van der Waals surface area contributed by atoms with Crippen LogP contribution in [0.1, 0.15) is 38.9 Å². The fourth-order valence-corrected chi connectivity index (χ4v) is 7.10. The molecule has 0 fully saturated rings. The number of phenolic OH excluding ortho intramolecular Hbond substituents is 2. The lowest BCUT2D eigenvalue weighted by atomic mass is 9.95. The molecule has 2 N–H and O–H groups in total. The number of halogens is 2. The van der Waals surface area contributed by atoms with Gasteiger partial charge in [0.1, 0.15) is 11.5 Å². The van der Waals surface area contributed by atoms with Crippen molar-refractivity contribution >= 4 is 62.0 Å². The first kappa shape index (κ1) is 25.9. The van der Waals surface area contributed by atoms with Crippen LogP contribution in [0.2, 0.25) is 0 Å². The Hall–Kier alpha value is -4.00. The van der Waals surface area contributed by atoms with Gasteiger partial charge in [0.2, 0.25) is 0 Å². The van der Waals surface area contributed by atoms with Crippen LogP contribution in [0.25, 0.3) is 21.5 Å². The van der Waals surface area contributed by atoms with Gasteiger partial charge in [0, 0.05) is 84.2 Å². The lowest BCUT2D eigenvalue weighted by Gasteiger charge is -2.22. The van der Waals surface area contributed by atoms with Crippen LogP contribution in [0.4, 0.5) is 11.4 Å². The van der Waals surface area contributed by atoms with E-state index in [0.717, 1.165) is 43.9 Å². The Morgan fingerprint density at radius 2 is 1.34 bits per heavy atom. The number of rotatable bonds is 5. The van der Waals surface area contributed by atoms with Crippen molar-refractivity contribution in [2.24, 2.45) is 0 Å². The second kappa shape index (κ2) is 10.1. The predicted molar refractivity (Wildman–Crippen MR) is 165 cm³/mol. The van der Waals surface area contributed by atoms with E-state index in [-0.39, 0.29) is 29.2 Å². The number of nitrogens with zero attached hydrogens (tertiary/aromatic N) is 3. The smallest absolute Gasteiger partial charge is 0.259 e. The van der Waals surface area contributed by atoms with Crippen LogP contribution in [0.15, 0.2) is 79.1 Å². The zero-order valence-electron chi connectivity index (χ0n) is 22.1. The summed E-state index contributed by atoms with van der Waals surface area (Å²) in [5, 5.41) is 25.0. The summed E-state index contributed by atoms with van der Waals surface area (Å²) < 4.78 is 0. The van der Waals surface area contributed by atoms with E-state index in [1.165, 1.54) is 0 Å². The lowest BCUT2D eigenvalue weighted by molar-refractivity contribution is 0.0988. The van der Waals surface area contributed by atoms with Crippen LogP contribution in [0.3, 0.4) is 0 Å². The average molecular weight is 585 g/mol. The van der Waals surface area contributed by atoms with Gasteiger partial charge in [-0.2, -0.15) is 0 Å². The molecule has 1 amide bonds. The third-order valence-corrected chi connectivity index (χ3v) is 9.15. The molecule has 3 heterocycles. The quantitative estimate of drug-likeness (QED) is 0.215. The number of pyridine rings is 1. The van der Waals surface area contributed by atoms with Crippen molar-refractivity contribution in [3.63, 3.8) is 0 Å². The Morgan fingerprint density at radius 3 is 1.98 bits per heavy atom. The van der Waals surface area contributed by atoms with E-state index < -0.39 is 0 Å². The average Bonchev–Trinajstić information content (AvgIpc) is 3.55. The molecule has 0 saturated heterocycles. The molecule has 206 valence electrons. The van der Waals surface area contributed by atoms with Gasteiger partial charge in [-0.05, 0) is 33.5 Å². The molecule has 6 nitrogen and oxygen atoms in total. The maximum Gasteiger partial charge on any atom is 0.259 e. The highest BCUT2D eigenvalue weighted by Crippen LogP contribution is 2.47. The monoisotopic (exact) mass is 583 g/mol. The number of hydrogen-bond acceptors (Lipinski definition) is 5. The standard InChI is InChI=1S/C33H27Cl2N3O3/c34-12-21-17-37(27-10-29(39)23-5-1-3-7-25(23)31(21)27)16-19-9-20(15-36-14-19)33(41)38-18-22(13-35)32-26-8-4-2-6-24(26)30(40)11-28(32)38/h1-11,14-15,21-22,39-40H,12-13,16-18H2. The summed E-state index contributed by atoms with van der Waals surface area (Å²) in [7, 11) is 0. The van der Waals surface area contributed by atoms with E-state index in [1.807, 2.05) is 60.7 Å². The van der Waals surface area contributed by atoms with E-state index >= 15 is 0 Å². The number of carbonyl (C=O) groups excluding carboxylic acids is 1. The first-order valence-corrected chi connectivity index (χ1v) is 14.7. The van der Waals surface area contributed by atoms with Gasteiger partial charge in [0.05, 0.1) is 11.3 Å². The summed E-state index contributed by atoms with van der Waals surface area (Å²) >= 11 is 12.8. The molecule has 0 aliphatic carbocycles. The highest BCUT2D eigenvalue weighted by atomic mass is 35.5. The summed E-state index contributed by atoms with van der Waals surface area (Å²) in [5.74, 6) is 1.08. The van der Waals surface area contributed by atoms with Gasteiger partial charge in [-0.3, -0.25) is 9.78 Å². The number of phenols is 2. The van der Waals surface area contributed by atoms with Crippen molar-refractivity contribution < 1.29 is 15.0 Å². The zero-order chi connectivity index (χ0) is 28.2. The molecule has 1 aromatic heterocycles. The summed E-state index contributed by atoms with van der Waals surface area (Å²) in [4.78, 5) is 22.2. The first-order chi connectivity index (χ1) is 20.0. The van der Waals surface area contributed by atoms with Crippen molar-refractivity contribution in [1.29, 1.82) is 0 Å².